The maximum Gasteiger partial charge on any atom is 0.122 e. The molecule has 2 aromatic rings. The highest BCUT2D eigenvalue weighted by Crippen LogP contribution is 2.26. The summed E-state index contributed by atoms with van der Waals surface area (Å²) >= 11 is 3.46. The smallest absolute Gasteiger partial charge is 0.122 e. The summed E-state index contributed by atoms with van der Waals surface area (Å²) in [4.78, 5) is 4.33. The molecule has 0 aliphatic rings. The van der Waals surface area contributed by atoms with Crippen LogP contribution in [-0.4, -0.2) is 12.1 Å². The minimum Gasteiger partial charge on any atom is -0.497 e. The molecule has 1 unspecified atom stereocenters. The number of benzene rings is 1. The van der Waals surface area contributed by atoms with Gasteiger partial charge in [-0.1, -0.05) is 22.0 Å². The Labute approximate surface area is 115 Å². The maximum absolute atomic E-state index is 5.24. The molecule has 0 aliphatic carbocycles. The minimum atomic E-state index is 0.144. The largest absolute Gasteiger partial charge is 0.497 e. The van der Waals surface area contributed by atoms with Crippen molar-refractivity contribution in [2.45, 2.75) is 13.0 Å². The Morgan fingerprint density at radius 3 is 2.78 bits per heavy atom. The van der Waals surface area contributed by atoms with Crippen LogP contribution in [0.4, 0.5) is 5.69 Å². The van der Waals surface area contributed by atoms with Crippen LogP contribution in [0.1, 0.15) is 18.7 Å². The second-order valence-electron chi connectivity index (χ2n) is 4.00. The third-order valence-corrected chi connectivity index (χ3v) is 3.08. The Hall–Kier alpha value is -1.55. The van der Waals surface area contributed by atoms with E-state index in [0.29, 0.717) is 0 Å². The van der Waals surface area contributed by atoms with Gasteiger partial charge in [-0.3, -0.25) is 4.98 Å². The number of ether oxygens (including phenoxy) is 1. The number of hydrogen-bond donors (Lipinski definition) is 1. The first-order valence-corrected chi connectivity index (χ1v) is 6.50. The fraction of sp³-hybridized carbons (Fsp3) is 0.214. The normalized spacial score (nSPS) is 11.9. The SMILES string of the molecule is COc1cc(Br)cc(NC(C)c2ccccn2)c1. The van der Waals surface area contributed by atoms with Crippen molar-refractivity contribution in [3.8, 4) is 5.75 Å². The molecule has 0 spiro atoms. The van der Waals surface area contributed by atoms with Gasteiger partial charge in [-0.15, -0.1) is 0 Å². The zero-order valence-corrected chi connectivity index (χ0v) is 11.9. The van der Waals surface area contributed by atoms with Gasteiger partial charge in [-0.2, -0.15) is 0 Å². The molecule has 1 N–H and O–H groups in total. The van der Waals surface area contributed by atoms with E-state index in [1.54, 1.807) is 13.3 Å². The number of methoxy groups -OCH3 is 1. The van der Waals surface area contributed by atoms with Gasteiger partial charge in [-0.25, -0.2) is 0 Å². The lowest BCUT2D eigenvalue weighted by molar-refractivity contribution is 0.414. The number of hydrogen-bond acceptors (Lipinski definition) is 3. The van der Waals surface area contributed by atoms with Gasteiger partial charge >= 0.3 is 0 Å². The molecule has 0 amide bonds. The van der Waals surface area contributed by atoms with Gasteiger partial charge in [0.05, 0.1) is 18.8 Å². The zero-order chi connectivity index (χ0) is 13.0. The van der Waals surface area contributed by atoms with Gasteiger partial charge in [0.15, 0.2) is 0 Å². The fourth-order valence-corrected chi connectivity index (χ4v) is 2.19. The first kappa shape index (κ1) is 12.9. The van der Waals surface area contributed by atoms with Crippen molar-refractivity contribution >= 4 is 21.6 Å². The summed E-state index contributed by atoms with van der Waals surface area (Å²) in [7, 11) is 1.66. The summed E-state index contributed by atoms with van der Waals surface area (Å²) < 4.78 is 6.22. The topological polar surface area (TPSA) is 34.1 Å². The molecular weight excluding hydrogens is 292 g/mol. The number of anilines is 1. The summed E-state index contributed by atoms with van der Waals surface area (Å²) in [5.74, 6) is 0.820. The van der Waals surface area contributed by atoms with Crippen LogP contribution in [0.25, 0.3) is 0 Å². The van der Waals surface area contributed by atoms with Crippen molar-refractivity contribution in [3.63, 3.8) is 0 Å². The lowest BCUT2D eigenvalue weighted by atomic mass is 10.2. The lowest BCUT2D eigenvalue weighted by Crippen LogP contribution is -2.08. The Morgan fingerprint density at radius 1 is 1.28 bits per heavy atom. The van der Waals surface area contributed by atoms with Gasteiger partial charge < -0.3 is 10.1 Å². The van der Waals surface area contributed by atoms with E-state index in [1.165, 1.54) is 0 Å². The van der Waals surface area contributed by atoms with Gasteiger partial charge in [0.1, 0.15) is 5.75 Å². The molecular formula is C14H15BrN2O. The molecule has 1 atom stereocenters. The second kappa shape index (κ2) is 5.87. The summed E-state index contributed by atoms with van der Waals surface area (Å²) in [6.07, 6.45) is 1.80. The monoisotopic (exact) mass is 306 g/mol. The molecule has 18 heavy (non-hydrogen) atoms. The quantitative estimate of drug-likeness (QED) is 0.926. The van der Waals surface area contributed by atoms with Crippen LogP contribution in [0.3, 0.4) is 0 Å². The van der Waals surface area contributed by atoms with Crippen molar-refractivity contribution in [2.24, 2.45) is 0 Å². The average Bonchev–Trinajstić information content (AvgIpc) is 2.39. The summed E-state index contributed by atoms with van der Waals surface area (Å²) in [5, 5.41) is 3.40. The third kappa shape index (κ3) is 3.23. The molecule has 1 aromatic heterocycles. The lowest BCUT2D eigenvalue weighted by Gasteiger charge is -2.15. The Morgan fingerprint density at radius 2 is 2.11 bits per heavy atom. The van der Waals surface area contributed by atoms with Gasteiger partial charge in [0.2, 0.25) is 0 Å². The predicted molar refractivity (Wildman–Crippen MR) is 77.0 cm³/mol. The molecule has 2 rings (SSSR count). The van der Waals surface area contributed by atoms with Crippen LogP contribution in [0.15, 0.2) is 47.1 Å². The Kier molecular flexibility index (Phi) is 4.20. The van der Waals surface area contributed by atoms with Gasteiger partial charge in [0, 0.05) is 22.4 Å². The number of rotatable bonds is 4. The van der Waals surface area contributed by atoms with E-state index in [2.05, 4.69) is 33.2 Å². The highest BCUT2D eigenvalue weighted by molar-refractivity contribution is 9.10. The highest BCUT2D eigenvalue weighted by Gasteiger charge is 2.07. The molecule has 3 nitrogen and oxygen atoms in total. The zero-order valence-electron chi connectivity index (χ0n) is 10.4. The molecule has 4 heteroatoms. The van der Waals surface area contributed by atoms with Crippen LogP contribution in [0.2, 0.25) is 0 Å². The number of aromatic nitrogens is 1. The Bertz CT molecular complexity index is 516. The first-order chi connectivity index (χ1) is 8.69. The van der Waals surface area contributed by atoms with Crippen molar-refractivity contribution in [1.29, 1.82) is 0 Å². The van der Waals surface area contributed by atoms with Gasteiger partial charge in [0.25, 0.3) is 0 Å². The van der Waals surface area contributed by atoms with E-state index in [4.69, 9.17) is 4.74 Å². The third-order valence-electron chi connectivity index (χ3n) is 2.62. The van der Waals surface area contributed by atoms with E-state index >= 15 is 0 Å². The number of pyridine rings is 1. The number of nitrogens with zero attached hydrogens (tertiary/aromatic N) is 1. The van der Waals surface area contributed by atoms with Crippen LogP contribution in [-0.2, 0) is 0 Å². The Balaban J connectivity index is 2.16. The second-order valence-corrected chi connectivity index (χ2v) is 4.92. The van der Waals surface area contributed by atoms with E-state index in [1.807, 2.05) is 36.4 Å². The minimum absolute atomic E-state index is 0.144. The predicted octanol–water partition coefficient (Wildman–Crippen LogP) is 4.03. The summed E-state index contributed by atoms with van der Waals surface area (Å²) in [5.41, 5.74) is 2.01. The van der Waals surface area contributed by atoms with Crippen molar-refractivity contribution < 1.29 is 4.74 Å². The molecule has 0 saturated heterocycles. The van der Waals surface area contributed by atoms with E-state index in [0.717, 1.165) is 21.6 Å². The molecule has 0 bridgehead atoms. The molecule has 0 fully saturated rings. The van der Waals surface area contributed by atoms with Crippen molar-refractivity contribution in [3.05, 3.63) is 52.8 Å². The highest BCUT2D eigenvalue weighted by atomic mass is 79.9. The van der Waals surface area contributed by atoms with E-state index < -0.39 is 0 Å². The molecule has 0 saturated carbocycles. The fourth-order valence-electron chi connectivity index (χ4n) is 1.72. The average molecular weight is 307 g/mol. The molecule has 1 heterocycles. The first-order valence-electron chi connectivity index (χ1n) is 5.71. The van der Waals surface area contributed by atoms with Crippen LogP contribution in [0, 0.1) is 0 Å². The number of nitrogens with one attached hydrogen (secondary N) is 1. The van der Waals surface area contributed by atoms with Crippen LogP contribution < -0.4 is 10.1 Å². The van der Waals surface area contributed by atoms with Crippen LogP contribution in [0.5, 0.6) is 5.75 Å². The number of halogens is 1. The standard InChI is InChI=1S/C14H15BrN2O/c1-10(14-5-3-4-6-16-14)17-12-7-11(15)8-13(9-12)18-2/h3-10,17H,1-2H3. The summed E-state index contributed by atoms with van der Waals surface area (Å²) in [6.45, 7) is 2.08. The maximum atomic E-state index is 5.24. The van der Waals surface area contributed by atoms with Gasteiger partial charge in [-0.05, 0) is 31.2 Å². The molecule has 94 valence electrons. The van der Waals surface area contributed by atoms with Crippen molar-refractivity contribution in [2.75, 3.05) is 12.4 Å². The van der Waals surface area contributed by atoms with Crippen LogP contribution >= 0.6 is 15.9 Å². The van der Waals surface area contributed by atoms with E-state index in [9.17, 15) is 0 Å². The van der Waals surface area contributed by atoms with Crippen molar-refractivity contribution in [1.82, 2.24) is 4.98 Å². The molecule has 1 aromatic carbocycles. The molecule has 0 aliphatic heterocycles. The summed E-state index contributed by atoms with van der Waals surface area (Å²) in [6, 6.07) is 12.0. The van der Waals surface area contributed by atoms with E-state index in [-0.39, 0.29) is 6.04 Å². The molecule has 0 radical (unpaired) electrons.